The van der Waals surface area contributed by atoms with E-state index >= 15 is 0 Å². The molecule has 160 valence electrons. The molecule has 2 aromatic carbocycles. The molecule has 1 N–H and O–H groups in total. The van der Waals surface area contributed by atoms with Crippen molar-refractivity contribution in [1.82, 2.24) is 10.4 Å². The van der Waals surface area contributed by atoms with Crippen molar-refractivity contribution in [2.75, 3.05) is 0 Å². The summed E-state index contributed by atoms with van der Waals surface area (Å²) in [6, 6.07) is 15.8. The monoisotopic (exact) mass is 543 g/mol. The molecule has 0 fully saturated rings. The number of allylic oxidation sites excluding steroid dienone is 1. The Morgan fingerprint density at radius 3 is 2.29 bits per heavy atom. The summed E-state index contributed by atoms with van der Waals surface area (Å²) in [5.41, 5.74) is 8.70. The third kappa shape index (κ3) is 4.93. The second-order valence-corrected chi connectivity index (χ2v) is 9.51. The highest BCUT2D eigenvalue weighted by Gasteiger charge is 2.38. The summed E-state index contributed by atoms with van der Waals surface area (Å²) >= 11 is 6.93. The smallest absolute Gasteiger partial charge is 0.242 e. The van der Waals surface area contributed by atoms with Gasteiger partial charge >= 0.3 is 0 Å². The molecule has 0 unspecified atom stereocenters. The van der Waals surface area contributed by atoms with Gasteiger partial charge in [0.15, 0.2) is 0 Å². The SMILES string of the molecule is O=C([O-])CCC(=O)N1NC2=C(CCC/C2=C\c2ccc(Br)cc2)[C@@H]1c1ccc(Br)cc1. The second-order valence-electron chi connectivity index (χ2n) is 7.68. The van der Waals surface area contributed by atoms with Gasteiger partial charge in [0.05, 0.1) is 5.70 Å². The topological polar surface area (TPSA) is 72.5 Å². The number of rotatable bonds is 5. The number of amides is 1. The number of nitrogens with zero attached hydrogens (tertiary/aromatic N) is 1. The Kier molecular flexibility index (Phi) is 6.62. The summed E-state index contributed by atoms with van der Waals surface area (Å²) in [5.74, 6) is -1.48. The molecular formula is C24H21Br2N2O3-. The van der Waals surface area contributed by atoms with Crippen LogP contribution in [0.4, 0.5) is 0 Å². The lowest BCUT2D eigenvalue weighted by Crippen LogP contribution is -2.40. The lowest BCUT2D eigenvalue weighted by molar-refractivity contribution is -0.305. The Morgan fingerprint density at radius 1 is 1.00 bits per heavy atom. The summed E-state index contributed by atoms with van der Waals surface area (Å²) in [6.07, 6.45) is 4.55. The van der Waals surface area contributed by atoms with Gasteiger partial charge in [-0.15, -0.1) is 0 Å². The number of benzene rings is 2. The Balaban J connectivity index is 1.71. The molecule has 4 rings (SSSR count). The van der Waals surface area contributed by atoms with Gasteiger partial charge in [-0.25, -0.2) is 5.01 Å². The van der Waals surface area contributed by atoms with E-state index in [-0.39, 0.29) is 24.8 Å². The normalized spacial score (nSPS) is 19.4. The van der Waals surface area contributed by atoms with E-state index in [1.807, 2.05) is 36.4 Å². The van der Waals surface area contributed by atoms with Crippen molar-refractivity contribution in [3.63, 3.8) is 0 Å². The fourth-order valence-electron chi connectivity index (χ4n) is 4.12. The van der Waals surface area contributed by atoms with Gasteiger partial charge < -0.3 is 9.90 Å². The van der Waals surface area contributed by atoms with Crippen molar-refractivity contribution in [3.05, 3.63) is 85.4 Å². The van der Waals surface area contributed by atoms with Crippen LogP contribution >= 0.6 is 31.9 Å². The van der Waals surface area contributed by atoms with Gasteiger partial charge in [0, 0.05) is 21.3 Å². The molecule has 7 heteroatoms. The van der Waals surface area contributed by atoms with E-state index in [1.165, 1.54) is 5.57 Å². The van der Waals surface area contributed by atoms with Gasteiger partial charge in [-0.05, 0) is 78.3 Å². The highest BCUT2D eigenvalue weighted by atomic mass is 79.9. The number of carboxylic acids is 1. The molecule has 0 saturated carbocycles. The molecule has 2 aromatic rings. The molecule has 31 heavy (non-hydrogen) atoms. The Bertz CT molecular complexity index is 1060. The minimum atomic E-state index is -1.22. The van der Waals surface area contributed by atoms with Crippen molar-refractivity contribution < 1.29 is 14.7 Å². The Labute approximate surface area is 198 Å². The summed E-state index contributed by atoms with van der Waals surface area (Å²) < 4.78 is 1.99. The number of hydrogen-bond acceptors (Lipinski definition) is 4. The molecule has 1 heterocycles. The van der Waals surface area contributed by atoms with Crippen molar-refractivity contribution in [2.24, 2.45) is 0 Å². The van der Waals surface area contributed by atoms with E-state index in [2.05, 4.69) is 55.5 Å². The van der Waals surface area contributed by atoms with Crippen LogP contribution in [0.15, 0.2) is 74.3 Å². The second kappa shape index (κ2) is 9.40. The van der Waals surface area contributed by atoms with Crippen LogP contribution in [-0.4, -0.2) is 16.9 Å². The maximum Gasteiger partial charge on any atom is 0.242 e. The van der Waals surface area contributed by atoms with Crippen LogP contribution in [0.3, 0.4) is 0 Å². The van der Waals surface area contributed by atoms with E-state index in [0.717, 1.165) is 50.6 Å². The van der Waals surface area contributed by atoms with E-state index < -0.39 is 5.97 Å². The van der Waals surface area contributed by atoms with Crippen LogP contribution in [-0.2, 0) is 9.59 Å². The van der Waals surface area contributed by atoms with Crippen molar-refractivity contribution >= 4 is 49.8 Å². The van der Waals surface area contributed by atoms with Crippen molar-refractivity contribution in [2.45, 2.75) is 38.1 Å². The van der Waals surface area contributed by atoms with Crippen LogP contribution in [0.5, 0.6) is 0 Å². The van der Waals surface area contributed by atoms with Crippen molar-refractivity contribution in [3.8, 4) is 0 Å². The van der Waals surface area contributed by atoms with E-state index in [9.17, 15) is 14.7 Å². The highest BCUT2D eigenvalue weighted by Crippen LogP contribution is 2.44. The first-order chi connectivity index (χ1) is 14.9. The number of carbonyl (C=O) groups excluding carboxylic acids is 2. The van der Waals surface area contributed by atoms with Gasteiger partial charge in [0.1, 0.15) is 6.04 Å². The lowest BCUT2D eigenvalue weighted by atomic mass is 9.86. The quantitative estimate of drug-likeness (QED) is 0.594. The standard InChI is InChI=1S/C24H22Br2N2O3/c25-18-8-4-15(5-9-18)14-17-2-1-3-20-23(17)27-28(21(29)12-13-22(30)31)24(20)16-6-10-19(26)11-7-16/h4-11,14,24,27H,1-3,12-13H2,(H,30,31)/p-1/b17-14+/t24-/m0/s1. The first-order valence-corrected chi connectivity index (χ1v) is 11.7. The third-order valence-electron chi connectivity index (χ3n) is 5.56. The van der Waals surface area contributed by atoms with E-state index in [0.29, 0.717) is 0 Å². The molecule has 0 saturated heterocycles. The minimum absolute atomic E-state index is 0.102. The zero-order valence-corrected chi connectivity index (χ0v) is 19.9. The molecule has 1 amide bonds. The number of hydrogen-bond donors (Lipinski definition) is 1. The summed E-state index contributed by atoms with van der Waals surface area (Å²) in [5, 5.41) is 12.5. The number of halogens is 2. The summed E-state index contributed by atoms with van der Waals surface area (Å²) in [7, 11) is 0. The number of hydrazine groups is 1. The minimum Gasteiger partial charge on any atom is -0.550 e. The zero-order chi connectivity index (χ0) is 22.0. The first-order valence-electron chi connectivity index (χ1n) is 10.2. The molecule has 2 aliphatic rings. The van der Waals surface area contributed by atoms with Crippen LogP contribution in [0.25, 0.3) is 6.08 Å². The largest absolute Gasteiger partial charge is 0.550 e. The molecule has 0 aromatic heterocycles. The molecule has 0 radical (unpaired) electrons. The van der Waals surface area contributed by atoms with Crippen LogP contribution in [0.1, 0.15) is 49.3 Å². The number of nitrogens with one attached hydrogen (secondary N) is 1. The lowest BCUT2D eigenvalue weighted by Gasteiger charge is -2.27. The summed E-state index contributed by atoms with van der Waals surface area (Å²) in [6.45, 7) is 0. The Hall–Kier alpha value is -2.38. The van der Waals surface area contributed by atoms with E-state index in [1.54, 1.807) is 5.01 Å². The third-order valence-corrected chi connectivity index (χ3v) is 6.62. The maximum atomic E-state index is 13.0. The molecule has 1 aliphatic heterocycles. The molecule has 0 bridgehead atoms. The molecule has 5 nitrogen and oxygen atoms in total. The molecule has 1 aliphatic carbocycles. The Morgan fingerprint density at radius 2 is 1.65 bits per heavy atom. The van der Waals surface area contributed by atoms with Gasteiger partial charge in [-0.3, -0.25) is 10.2 Å². The van der Waals surface area contributed by atoms with Gasteiger partial charge in [-0.1, -0.05) is 56.1 Å². The van der Waals surface area contributed by atoms with Gasteiger partial charge in [0.25, 0.3) is 0 Å². The zero-order valence-electron chi connectivity index (χ0n) is 16.7. The first kappa shape index (κ1) is 21.8. The van der Waals surface area contributed by atoms with Crippen LogP contribution in [0, 0.1) is 0 Å². The molecular weight excluding hydrogens is 524 g/mol. The summed E-state index contributed by atoms with van der Waals surface area (Å²) in [4.78, 5) is 23.9. The van der Waals surface area contributed by atoms with Crippen LogP contribution in [0.2, 0.25) is 0 Å². The predicted molar refractivity (Wildman–Crippen MR) is 124 cm³/mol. The fourth-order valence-corrected chi connectivity index (χ4v) is 4.65. The molecule has 0 spiro atoms. The average Bonchev–Trinajstić information content (AvgIpc) is 3.15. The van der Waals surface area contributed by atoms with E-state index in [4.69, 9.17) is 0 Å². The van der Waals surface area contributed by atoms with Gasteiger partial charge in [0.2, 0.25) is 5.91 Å². The highest BCUT2D eigenvalue weighted by molar-refractivity contribution is 9.10. The predicted octanol–water partition coefficient (Wildman–Crippen LogP) is 4.65. The number of carboxylic acid groups (broad SMARTS) is 1. The maximum absolute atomic E-state index is 13.0. The average molecular weight is 545 g/mol. The molecule has 1 atom stereocenters. The fraction of sp³-hybridized carbons (Fsp3) is 0.250. The van der Waals surface area contributed by atoms with Crippen LogP contribution < -0.4 is 10.5 Å². The number of aliphatic carboxylic acids is 1. The van der Waals surface area contributed by atoms with Crippen molar-refractivity contribution in [1.29, 1.82) is 0 Å². The van der Waals surface area contributed by atoms with Gasteiger partial charge in [-0.2, -0.15) is 0 Å². The number of carbonyl (C=O) groups is 2.